The lowest BCUT2D eigenvalue weighted by molar-refractivity contribution is 0.108. The summed E-state index contributed by atoms with van der Waals surface area (Å²) in [4.78, 5) is 30.0. The molecule has 7 nitrogen and oxygen atoms in total. The van der Waals surface area contributed by atoms with Crippen LogP contribution < -0.4 is 4.90 Å². The first-order valence-electron chi connectivity index (χ1n) is 9.62. The van der Waals surface area contributed by atoms with Gasteiger partial charge in [-0.2, -0.15) is 0 Å². The van der Waals surface area contributed by atoms with Gasteiger partial charge in [-0.1, -0.05) is 30.3 Å². The smallest absolute Gasteiger partial charge is 0.320 e. The van der Waals surface area contributed by atoms with E-state index in [9.17, 15) is 4.79 Å². The third-order valence-electron chi connectivity index (χ3n) is 5.28. The lowest BCUT2D eigenvalue weighted by Crippen LogP contribution is -2.56. The van der Waals surface area contributed by atoms with Crippen molar-refractivity contribution in [2.45, 2.75) is 6.54 Å². The van der Waals surface area contributed by atoms with E-state index in [0.29, 0.717) is 0 Å². The Morgan fingerprint density at radius 3 is 2.00 bits per heavy atom. The predicted octanol–water partition coefficient (Wildman–Crippen LogP) is 1.54. The molecule has 0 atom stereocenters. The molecule has 1 aromatic carbocycles. The fourth-order valence-electron chi connectivity index (χ4n) is 3.69. The van der Waals surface area contributed by atoms with Gasteiger partial charge < -0.3 is 14.7 Å². The number of rotatable bonds is 3. The van der Waals surface area contributed by atoms with Crippen LogP contribution in [0.5, 0.6) is 0 Å². The second-order valence-corrected chi connectivity index (χ2v) is 7.05. The van der Waals surface area contributed by atoms with Gasteiger partial charge in [-0.15, -0.1) is 0 Å². The van der Waals surface area contributed by atoms with Gasteiger partial charge in [-0.25, -0.2) is 14.8 Å². The molecule has 1 aromatic heterocycles. The maximum atomic E-state index is 12.8. The molecule has 7 heteroatoms. The van der Waals surface area contributed by atoms with Gasteiger partial charge in [-0.3, -0.25) is 4.90 Å². The van der Waals surface area contributed by atoms with E-state index in [2.05, 4.69) is 44.0 Å². The molecule has 4 rings (SSSR count). The molecule has 0 bridgehead atoms. The minimum Gasteiger partial charge on any atom is -0.337 e. The highest BCUT2D eigenvalue weighted by molar-refractivity contribution is 5.75. The average molecular weight is 366 g/mol. The van der Waals surface area contributed by atoms with Crippen LogP contribution in [0.25, 0.3) is 0 Å². The summed E-state index contributed by atoms with van der Waals surface area (Å²) >= 11 is 0. The van der Waals surface area contributed by atoms with Crippen molar-refractivity contribution in [3.63, 3.8) is 0 Å². The molecule has 27 heavy (non-hydrogen) atoms. The van der Waals surface area contributed by atoms with Gasteiger partial charge in [0, 0.05) is 71.3 Å². The van der Waals surface area contributed by atoms with Crippen molar-refractivity contribution in [3.8, 4) is 0 Å². The van der Waals surface area contributed by atoms with Gasteiger partial charge >= 0.3 is 6.03 Å². The number of carbonyl (C=O) groups is 1. The highest BCUT2D eigenvalue weighted by atomic mass is 16.2. The highest BCUT2D eigenvalue weighted by Crippen LogP contribution is 2.14. The van der Waals surface area contributed by atoms with Gasteiger partial charge in [0.25, 0.3) is 0 Å². The normalized spacial score (nSPS) is 18.6. The standard InChI is InChI=1S/C20H26N6O/c27-20(26-15-13-24(14-16-26)19-21-7-4-8-22-19)25-11-9-23(10-12-25)17-18-5-2-1-3-6-18/h1-8H,9-17H2. The molecule has 0 spiro atoms. The average Bonchev–Trinajstić information content (AvgIpc) is 2.75. The maximum absolute atomic E-state index is 12.8. The van der Waals surface area contributed by atoms with Crippen molar-refractivity contribution in [1.82, 2.24) is 24.7 Å². The summed E-state index contributed by atoms with van der Waals surface area (Å²) in [6.45, 7) is 7.42. The first-order chi connectivity index (χ1) is 13.3. The zero-order valence-corrected chi connectivity index (χ0v) is 15.6. The van der Waals surface area contributed by atoms with E-state index in [1.165, 1.54) is 5.56 Å². The zero-order chi connectivity index (χ0) is 18.5. The Morgan fingerprint density at radius 1 is 0.778 bits per heavy atom. The van der Waals surface area contributed by atoms with Gasteiger partial charge in [-0.05, 0) is 11.6 Å². The number of benzene rings is 1. The van der Waals surface area contributed by atoms with Crippen LogP contribution in [0.15, 0.2) is 48.8 Å². The molecule has 2 aliphatic heterocycles. The summed E-state index contributed by atoms with van der Waals surface area (Å²) in [7, 11) is 0. The summed E-state index contributed by atoms with van der Waals surface area (Å²) in [5.74, 6) is 0.749. The Labute approximate surface area is 160 Å². The van der Waals surface area contributed by atoms with E-state index in [-0.39, 0.29) is 6.03 Å². The van der Waals surface area contributed by atoms with Crippen LogP contribution in [-0.2, 0) is 6.54 Å². The van der Waals surface area contributed by atoms with E-state index in [1.54, 1.807) is 12.4 Å². The molecule has 0 radical (unpaired) electrons. The predicted molar refractivity (Wildman–Crippen MR) is 105 cm³/mol. The monoisotopic (exact) mass is 366 g/mol. The van der Waals surface area contributed by atoms with Gasteiger partial charge in [0.05, 0.1) is 0 Å². The third-order valence-corrected chi connectivity index (χ3v) is 5.28. The van der Waals surface area contributed by atoms with E-state index in [4.69, 9.17) is 0 Å². The topological polar surface area (TPSA) is 55.8 Å². The van der Waals surface area contributed by atoms with Gasteiger partial charge in [0.1, 0.15) is 0 Å². The molecule has 2 aliphatic rings. The van der Waals surface area contributed by atoms with Crippen LogP contribution in [-0.4, -0.2) is 83.1 Å². The number of hydrogen-bond acceptors (Lipinski definition) is 5. The molecule has 0 N–H and O–H groups in total. The number of nitrogens with zero attached hydrogens (tertiary/aromatic N) is 6. The Hall–Kier alpha value is -2.67. The summed E-state index contributed by atoms with van der Waals surface area (Å²) in [6, 6.07) is 12.5. The Kier molecular flexibility index (Phi) is 5.48. The number of aromatic nitrogens is 2. The van der Waals surface area contributed by atoms with E-state index in [0.717, 1.165) is 64.9 Å². The van der Waals surface area contributed by atoms with Crippen molar-refractivity contribution in [2.75, 3.05) is 57.3 Å². The van der Waals surface area contributed by atoms with E-state index in [1.807, 2.05) is 21.9 Å². The third kappa shape index (κ3) is 4.36. The lowest BCUT2D eigenvalue weighted by Gasteiger charge is -2.40. The molecule has 2 fully saturated rings. The molecule has 0 aliphatic carbocycles. The largest absolute Gasteiger partial charge is 0.337 e. The number of urea groups is 1. The fourth-order valence-corrected chi connectivity index (χ4v) is 3.69. The lowest BCUT2D eigenvalue weighted by atomic mass is 10.2. The molecule has 2 amide bonds. The second-order valence-electron chi connectivity index (χ2n) is 7.05. The first kappa shape index (κ1) is 17.7. The Morgan fingerprint density at radius 2 is 1.37 bits per heavy atom. The highest BCUT2D eigenvalue weighted by Gasteiger charge is 2.28. The summed E-state index contributed by atoms with van der Waals surface area (Å²) in [5.41, 5.74) is 1.33. The molecule has 0 unspecified atom stereocenters. The van der Waals surface area contributed by atoms with Crippen LogP contribution in [0.1, 0.15) is 5.56 Å². The van der Waals surface area contributed by atoms with Crippen LogP contribution in [0, 0.1) is 0 Å². The minimum atomic E-state index is 0.169. The van der Waals surface area contributed by atoms with E-state index < -0.39 is 0 Å². The molecule has 3 heterocycles. The SMILES string of the molecule is O=C(N1CCN(Cc2ccccc2)CC1)N1CCN(c2ncccn2)CC1. The maximum Gasteiger partial charge on any atom is 0.320 e. The second kappa shape index (κ2) is 8.35. The van der Waals surface area contributed by atoms with Crippen LogP contribution in [0.4, 0.5) is 10.7 Å². The van der Waals surface area contributed by atoms with Crippen LogP contribution in [0.3, 0.4) is 0 Å². The number of carbonyl (C=O) groups excluding carboxylic acids is 1. The van der Waals surface area contributed by atoms with Gasteiger partial charge in [0.2, 0.25) is 5.95 Å². The summed E-state index contributed by atoms with van der Waals surface area (Å²) < 4.78 is 0. The number of piperazine rings is 2. The molecular weight excluding hydrogens is 340 g/mol. The molecule has 142 valence electrons. The van der Waals surface area contributed by atoms with Crippen molar-refractivity contribution < 1.29 is 4.79 Å². The van der Waals surface area contributed by atoms with Crippen LogP contribution in [0.2, 0.25) is 0 Å². The molecular formula is C20H26N6O. The number of anilines is 1. The number of amides is 2. The van der Waals surface area contributed by atoms with Gasteiger partial charge in [0.15, 0.2) is 0 Å². The van der Waals surface area contributed by atoms with Crippen molar-refractivity contribution >= 4 is 12.0 Å². The van der Waals surface area contributed by atoms with Crippen molar-refractivity contribution in [2.24, 2.45) is 0 Å². The van der Waals surface area contributed by atoms with Crippen molar-refractivity contribution in [1.29, 1.82) is 0 Å². The van der Waals surface area contributed by atoms with Crippen LogP contribution >= 0.6 is 0 Å². The molecule has 2 saturated heterocycles. The summed E-state index contributed by atoms with van der Waals surface area (Å²) in [5, 5.41) is 0. The number of hydrogen-bond donors (Lipinski definition) is 0. The Balaban J connectivity index is 1.24. The zero-order valence-electron chi connectivity index (χ0n) is 15.6. The fraction of sp³-hybridized carbons (Fsp3) is 0.450. The molecule has 0 saturated carbocycles. The quantitative estimate of drug-likeness (QED) is 0.825. The van der Waals surface area contributed by atoms with E-state index >= 15 is 0 Å². The Bertz CT molecular complexity index is 725. The molecule has 2 aromatic rings. The van der Waals surface area contributed by atoms with Crippen molar-refractivity contribution in [3.05, 3.63) is 54.4 Å². The summed E-state index contributed by atoms with van der Waals surface area (Å²) in [6.07, 6.45) is 3.52. The first-order valence-corrected chi connectivity index (χ1v) is 9.62. The minimum absolute atomic E-state index is 0.169.